The molecule has 2 N–H and O–H groups in total. The minimum atomic E-state index is -0.531. The van der Waals surface area contributed by atoms with Gasteiger partial charge in [-0.15, -0.1) is 0 Å². The number of amides is 2. The maximum atomic E-state index is 11.7. The van der Waals surface area contributed by atoms with Gasteiger partial charge in [0, 0.05) is 19.2 Å². The van der Waals surface area contributed by atoms with Crippen LogP contribution in [0.3, 0.4) is 0 Å². The molecule has 1 saturated heterocycles. The Morgan fingerprint density at radius 2 is 1.78 bits per heavy atom. The lowest BCUT2D eigenvalue weighted by Crippen LogP contribution is -2.46. The fourth-order valence-corrected chi connectivity index (χ4v) is 2.59. The van der Waals surface area contributed by atoms with Crippen molar-refractivity contribution in [2.75, 3.05) is 13.2 Å². The van der Waals surface area contributed by atoms with Crippen molar-refractivity contribution in [1.82, 2.24) is 10.6 Å². The van der Waals surface area contributed by atoms with Crippen LogP contribution in [0.1, 0.15) is 44.9 Å². The van der Waals surface area contributed by atoms with E-state index in [0.717, 1.165) is 45.1 Å². The third-order valence-corrected chi connectivity index (χ3v) is 3.66. The molecule has 0 bridgehead atoms. The van der Waals surface area contributed by atoms with E-state index in [4.69, 9.17) is 4.74 Å². The number of hydrogen-bond donors (Lipinski definition) is 2. The molecule has 2 fully saturated rings. The Hall–Kier alpha value is -1.10. The van der Waals surface area contributed by atoms with Crippen LogP contribution in [0.25, 0.3) is 0 Å². The van der Waals surface area contributed by atoms with Crippen molar-refractivity contribution in [3.63, 3.8) is 0 Å². The van der Waals surface area contributed by atoms with Gasteiger partial charge in [0.05, 0.1) is 6.10 Å². The van der Waals surface area contributed by atoms with Crippen molar-refractivity contribution >= 4 is 11.8 Å². The molecule has 0 spiro atoms. The predicted octanol–water partition coefficient (Wildman–Crippen LogP) is 0.730. The molecule has 2 rings (SSSR count). The molecule has 5 nitrogen and oxygen atoms in total. The van der Waals surface area contributed by atoms with Gasteiger partial charge in [-0.3, -0.25) is 9.59 Å². The third-order valence-electron chi connectivity index (χ3n) is 3.66. The van der Waals surface area contributed by atoms with Crippen molar-refractivity contribution in [1.29, 1.82) is 0 Å². The Kier molecular flexibility index (Phi) is 4.99. The lowest BCUT2D eigenvalue weighted by atomic mass is 9.95. The topological polar surface area (TPSA) is 67.4 Å². The lowest BCUT2D eigenvalue weighted by Gasteiger charge is -2.22. The standard InChI is InChI=1S/C13H22N2O3/c16-12(14-9-11-7-4-8-18-11)13(17)15-10-5-2-1-3-6-10/h10-11H,1-9H2,(H,14,16)(H,15,17)/t11-/m1/s1. The highest BCUT2D eigenvalue weighted by Crippen LogP contribution is 2.17. The first kappa shape index (κ1) is 13.3. The molecule has 1 aliphatic heterocycles. The summed E-state index contributed by atoms with van der Waals surface area (Å²) in [6.45, 7) is 1.20. The molecule has 0 aromatic carbocycles. The van der Waals surface area contributed by atoms with E-state index in [9.17, 15) is 9.59 Å². The fraction of sp³-hybridized carbons (Fsp3) is 0.846. The maximum absolute atomic E-state index is 11.7. The van der Waals surface area contributed by atoms with Gasteiger partial charge >= 0.3 is 11.8 Å². The van der Waals surface area contributed by atoms with Gasteiger partial charge in [0.25, 0.3) is 0 Å². The van der Waals surface area contributed by atoms with Crippen molar-refractivity contribution < 1.29 is 14.3 Å². The summed E-state index contributed by atoms with van der Waals surface area (Å²) in [7, 11) is 0. The quantitative estimate of drug-likeness (QED) is 0.730. The van der Waals surface area contributed by atoms with E-state index in [1.54, 1.807) is 0 Å². The molecular weight excluding hydrogens is 232 g/mol. The number of carbonyl (C=O) groups excluding carboxylic acids is 2. The van der Waals surface area contributed by atoms with Gasteiger partial charge in [0.15, 0.2) is 0 Å². The molecule has 1 heterocycles. The molecule has 0 radical (unpaired) electrons. The minimum absolute atomic E-state index is 0.0800. The summed E-state index contributed by atoms with van der Waals surface area (Å²) in [4.78, 5) is 23.2. The highest BCUT2D eigenvalue weighted by Gasteiger charge is 2.22. The van der Waals surface area contributed by atoms with Gasteiger partial charge in [-0.25, -0.2) is 0 Å². The van der Waals surface area contributed by atoms with Gasteiger partial charge < -0.3 is 15.4 Å². The van der Waals surface area contributed by atoms with Crippen LogP contribution in [0, 0.1) is 0 Å². The summed E-state index contributed by atoms with van der Waals surface area (Å²) >= 11 is 0. The summed E-state index contributed by atoms with van der Waals surface area (Å²) in [5, 5.41) is 5.44. The monoisotopic (exact) mass is 254 g/mol. The van der Waals surface area contributed by atoms with Gasteiger partial charge in [-0.05, 0) is 25.7 Å². The van der Waals surface area contributed by atoms with Crippen molar-refractivity contribution in [3.05, 3.63) is 0 Å². The first-order chi connectivity index (χ1) is 8.75. The summed E-state index contributed by atoms with van der Waals surface area (Å²) in [5.74, 6) is -1.03. The van der Waals surface area contributed by atoms with Crippen LogP contribution in [-0.2, 0) is 14.3 Å². The largest absolute Gasteiger partial charge is 0.376 e. The Labute approximate surface area is 108 Å². The van der Waals surface area contributed by atoms with E-state index in [-0.39, 0.29) is 12.1 Å². The number of carbonyl (C=O) groups is 2. The average molecular weight is 254 g/mol. The highest BCUT2D eigenvalue weighted by atomic mass is 16.5. The molecule has 1 atom stereocenters. The maximum Gasteiger partial charge on any atom is 0.309 e. The second-order valence-electron chi connectivity index (χ2n) is 5.15. The van der Waals surface area contributed by atoms with E-state index in [1.807, 2.05) is 0 Å². The highest BCUT2D eigenvalue weighted by molar-refractivity contribution is 6.35. The molecule has 2 amide bonds. The van der Waals surface area contributed by atoms with Crippen LogP contribution in [0.2, 0.25) is 0 Å². The molecule has 5 heteroatoms. The van der Waals surface area contributed by atoms with Gasteiger partial charge in [0.2, 0.25) is 0 Å². The molecule has 18 heavy (non-hydrogen) atoms. The SMILES string of the molecule is O=C(NC[C@H]1CCCO1)C(=O)NC1CCCCC1. The Balaban J connectivity index is 1.65. The van der Waals surface area contributed by atoms with Gasteiger partial charge in [-0.2, -0.15) is 0 Å². The molecule has 0 unspecified atom stereocenters. The van der Waals surface area contributed by atoms with Crippen LogP contribution >= 0.6 is 0 Å². The van der Waals surface area contributed by atoms with Crippen LogP contribution < -0.4 is 10.6 Å². The van der Waals surface area contributed by atoms with E-state index in [2.05, 4.69) is 10.6 Å². The molecule has 1 aliphatic carbocycles. The first-order valence-electron chi connectivity index (χ1n) is 6.96. The Morgan fingerprint density at radius 1 is 1.00 bits per heavy atom. The number of hydrogen-bond acceptors (Lipinski definition) is 3. The smallest absolute Gasteiger partial charge is 0.309 e. The normalized spacial score (nSPS) is 24.8. The summed E-state index contributed by atoms with van der Waals surface area (Å²) in [5.41, 5.74) is 0. The fourth-order valence-electron chi connectivity index (χ4n) is 2.59. The summed E-state index contributed by atoms with van der Waals surface area (Å²) < 4.78 is 5.39. The molecular formula is C13H22N2O3. The van der Waals surface area contributed by atoms with Crippen molar-refractivity contribution in [2.45, 2.75) is 57.1 Å². The van der Waals surface area contributed by atoms with E-state index in [0.29, 0.717) is 6.54 Å². The number of ether oxygens (including phenoxy) is 1. The van der Waals surface area contributed by atoms with E-state index < -0.39 is 11.8 Å². The second-order valence-corrected chi connectivity index (χ2v) is 5.15. The second kappa shape index (κ2) is 6.73. The van der Waals surface area contributed by atoms with Crippen LogP contribution in [-0.4, -0.2) is 37.1 Å². The Bertz CT molecular complexity index is 295. The van der Waals surface area contributed by atoms with E-state index >= 15 is 0 Å². The summed E-state index contributed by atoms with van der Waals surface area (Å²) in [6, 6.07) is 0.180. The molecule has 102 valence electrons. The van der Waals surface area contributed by atoms with Crippen LogP contribution in [0.15, 0.2) is 0 Å². The molecule has 0 aromatic rings. The predicted molar refractivity (Wildman–Crippen MR) is 67.0 cm³/mol. The summed E-state index contributed by atoms with van der Waals surface area (Å²) in [6.07, 6.45) is 7.58. The number of rotatable bonds is 3. The molecule has 1 saturated carbocycles. The van der Waals surface area contributed by atoms with Crippen LogP contribution in [0.5, 0.6) is 0 Å². The zero-order valence-corrected chi connectivity index (χ0v) is 10.7. The van der Waals surface area contributed by atoms with Crippen molar-refractivity contribution in [3.8, 4) is 0 Å². The number of nitrogens with one attached hydrogen (secondary N) is 2. The first-order valence-corrected chi connectivity index (χ1v) is 6.96. The minimum Gasteiger partial charge on any atom is -0.376 e. The molecule has 0 aromatic heterocycles. The van der Waals surface area contributed by atoms with Gasteiger partial charge in [0.1, 0.15) is 0 Å². The zero-order chi connectivity index (χ0) is 12.8. The van der Waals surface area contributed by atoms with Crippen molar-refractivity contribution in [2.24, 2.45) is 0 Å². The molecule has 2 aliphatic rings. The zero-order valence-electron chi connectivity index (χ0n) is 10.7. The third kappa shape index (κ3) is 3.98. The van der Waals surface area contributed by atoms with Gasteiger partial charge in [-0.1, -0.05) is 19.3 Å². The average Bonchev–Trinajstić information content (AvgIpc) is 2.90. The van der Waals surface area contributed by atoms with Crippen LogP contribution in [0.4, 0.5) is 0 Å². The van der Waals surface area contributed by atoms with E-state index in [1.165, 1.54) is 6.42 Å². The Morgan fingerprint density at radius 3 is 2.44 bits per heavy atom. The lowest BCUT2D eigenvalue weighted by molar-refractivity contribution is -0.140.